The predicted molar refractivity (Wildman–Crippen MR) is 79.9 cm³/mol. The number of anilines is 2. The molecule has 1 heterocycles. The molecule has 0 spiro atoms. The summed E-state index contributed by atoms with van der Waals surface area (Å²) < 4.78 is 6.74. The normalized spacial score (nSPS) is 10.3. The van der Waals surface area contributed by atoms with E-state index in [0.717, 1.165) is 25.2 Å². The Morgan fingerprint density at radius 1 is 1.48 bits per heavy atom. The maximum absolute atomic E-state index is 11.7. The fourth-order valence-corrected chi connectivity index (χ4v) is 1.87. The molecule has 0 amide bonds. The van der Waals surface area contributed by atoms with Crippen LogP contribution in [0.4, 0.5) is 11.4 Å². The number of carbonyl (C=O) groups is 1. The number of nitrogens with two attached hydrogens (primary N) is 1. The minimum absolute atomic E-state index is 0.344. The van der Waals surface area contributed by atoms with E-state index in [2.05, 4.69) is 15.6 Å². The minimum Gasteiger partial charge on any atom is -0.462 e. The number of benzene rings is 1. The molecule has 2 aromatic rings. The molecule has 0 fully saturated rings. The number of nitrogens with one attached hydrogen (secondary N) is 1. The van der Waals surface area contributed by atoms with Gasteiger partial charge in [0.25, 0.3) is 0 Å². The summed E-state index contributed by atoms with van der Waals surface area (Å²) in [5, 5.41) is 10.9. The molecule has 1 aromatic carbocycles. The van der Waals surface area contributed by atoms with Gasteiger partial charge in [-0.15, -0.1) is 5.10 Å². The van der Waals surface area contributed by atoms with Crippen LogP contribution >= 0.6 is 0 Å². The molecule has 0 saturated heterocycles. The van der Waals surface area contributed by atoms with Gasteiger partial charge in [0.2, 0.25) is 0 Å². The molecule has 0 bridgehead atoms. The molecule has 0 aliphatic heterocycles. The summed E-state index contributed by atoms with van der Waals surface area (Å²) in [5.41, 5.74) is 7.72. The first-order valence-electron chi connectivity index (χ1n) is 6.85. The van der Waals surface area contributed by atoms with Crippen LogP contribution < -0.4 is 11.1 Å². The Balaban J connectivity index is 1.89. The van der Waals surface area contributed by atoms with Gasteiger partial charge >= 0.3 is 5.97 Å². The molecule has 21 heavy (non-hydrogen) atoms. The van der Waals surface area contributed by atoms with Crippen LogP contribution in [0.15, 0.2) is 30.6 Å². The fraction of sp³-hybridized carbons (Fsp3) is 0.357. The number of ether oxygens (including phenoxy) is 1. The third-order valence-corrected chi connectivity index (χ3v) is 2.92. The second-order valence-electron chi connectivity index (χ2n) is 4.47. The van der Waals surface area contributed by atoms with E-state index in [-0.39, 0.29) is 5.97 Å². The van der Waals surface area contributed by atoms with Crippen LogP contribution in [0.5, 0.6) is 0 Å². The highest BCUT2D eigenvalue weighted by Crippen LogP contribution is 2.20. The Labute approximate surface area is 123 Å². The molecule has 0 aliphatic rings. The number of carbonyl (C=O) groups excluding carboxylic acids is 1. The maximum Gasteiger partial charge on any atom is 0.338 e. The smallest absolute Gasteiger partial charge is 0.338 e. The summed E-state index contributed by atoms with van der Waals surface area (Å²) in [6, 6.07) is 5.07. The summed E-state index contributed by atoms with van der Waals surface area (Å²) in [6.45, 7) is 3.61. The molecule has 0 saturated carbocycles. The molecule has 7 nitrogen and oxygen atoms in total. The summed E-state index contributed by atoms with van der Waals surface area (Å²) in [4.78, 5) is 11.7. The first kappa shape index (κ1) is 14.8. The summed E-state index contributed by atoms with van der Waals surface area (Å²) >= 11 is 0. The third-order valence-electron chi connectivity index (χ3n) is 2.92. The second kappa shape index (κ2) is 7.28. The Hall–Kier alpha value is -2.57. The quantitative estimate of drug-likeness (QED) is 0.456. The first-order valence-corrected chi connectivity index (χ1v) is 6.85. The second-order valence-corrected chi connectivity index (χ2v) is 4.47. The molecule has 7 heteroatoms. The van der Waals surface area contributed by atoms with Gasteiger partial charge in [0.15, 0.2) is 0 Å². The van der Waals surface area contributed by atoms with Gasteiger partial charge < -0.3 is 15.8 Å². The van der Waals surface area contributed by atoms with Crippen LogP contribution in [0.25, 0.3) is 0 Å². The average molecular weight is 289 g/mol. The van der Waals surface area contributed by atoms with Gasteiger partial charge in [-0.1, -0.05) is 5.21 Å². The number of aromatic nitrogens is 3. The van der Waals surface area contributed by atoms with E-state index in [1.54, 1.807) is 36.0 Å². The first-order chi connectivity index (χ1) is 10.2. The lowest BCUT2D eigenvalue weighted by Crippen LogP contribution is -2.10. The van der Waals surface area contributed by atoms with Crippen molar-refractivity contribution < 1.29 is 9.53 Å². The molecule has 3 N–H and O–H groups in total. The van der Waals surface area contributed by atoms with Crippen molar-refractivity contribution >= 4 is 17.3 Å². The van der Waals surface area contributed by atoms with Crippen molar-refractivity contribution in [2.45, 2.75) is 19.9 Å². The topological polar surface area (TPSA) is 95.1 Å². The Morgan fingerprint density at radius 3 is 3.05 bits per heavy atom. The van der Waals surface area contributed by atoms with Gasteiger partial charge in [-0.2, -0.15) is 0 Å². The van der Waals surface area contributed by atoms with Gasteiger partial charge in [0.1, 0.15) is 0 Å². The Bertz CT molecular complexity index is 583. The van der Waals surface area contributed by atoms with Crippen molar-refractivity contribution in [3.8, 4) is 0 Å². The zero-order valence-electron chi connectivity index (χ0n) is 12.0. The summed E-state index contributed by atoms with van der Waals surface area (Å²) in [6.07, 6.45) is 4.33. The van der Waals surface area contributed by atoms with Crippen molar-refractivity contribution in [1.29, 1.82) is 0 Å². The van der Waals surface area contributed by atoms with Crippen LogP contribution in [0, 0.1) is 0 Å². The largest absolute Gasteiger partial charge is 0.462 e. The monoisotopic (exact) mass is 289 g/mol. The molecule has 0 aliphatic carbocycles. The standard InChI is InChI=1S/C14H19N5O2/c1-2-21-14(20)11-4-5-12(15)13(10-11)16-6-3-8-19-9-7-17-18-19/h4-5,7,9-10,16H,2-3,6,8,15H2,1H3. The highest BCUT2D eigenvalue weighted by molar-refractivity contribution is 5.92. The molecule has 0 unspecified atom stereocenters. The number of hydrogen-bond acceptors (Lipinski definition) is 6. The van der Waals surface area contributed by atoms with Crippen LogP contribution in [0.2, 0.25) is 0 Å². The maximum atomic E-state index is 11.7. The lowest BCUT2D eigenvalue weighted by atomic mass is 10.1. The molecular weight excluding hydrogens is 270 g/mol. The number of aryl methyl sites for hydroxylation is 1. The lowest BCUT2D eigenvalue weighted by molar-refractivity contribution is 0.0526. The molecular formula is C14H19N5O2. The van der Waals surface area contributed by atoms with Gasteiger partial charge in [-0.25, -0.2) is 4.79 Å². The van der Waals surface area contributed by atoms with E-state index >= 15 is 0 Å². The number of hydrogen-bond donors (Lipinski definition) is 2. The summed E-state index contributed by atoms with van der Waals surface area (Å²) in [7, 11) is 0. The Morgan fingerprint density at radius 2 is 2.33 bits per heavy atom. The van der Waals surface area contributed by atoms with Gasteiger partial charge in [-0.3, -0.25) is 4.68 Å². The lowest BCUT2D eigenvalue weighted by Gasteiger charge is -2.11. The average Bonchev–Trinajstić information content (AvgIpc) is 2.98. The zero-order valence-corrected chi connectivity index (χ0v) is 12.0. The van der Waals surface area contributed by atoms with Gasteiger partial charge in [0, 0.05) is 19.3 Å². The van der Waals surface area contributed by atoms with Gasteiger partial charge in [-0.05, 0) is 31.5 Å². The Kier molecular flexibility index (Phi) is 5.14. The highest BCUT2D eigenvalue weighted by Gasteiger charge is 2.08. The fourth-order valence-electron chi connectivity index (χ4n) is 1.87. The molecule has 2 rings (SSSR count). The van der Waals surface area contributed by atoms with E-state index in [0.29, 0.717) is 17.9 Å². The number of esters is 1. The minimum atomic E-state index is -0.344. The van der Waals surface area contributed by atoms with Crippen molar-refractivity contribution in [2.75, 3.05) is 24.2 Å². The van der Waals surface area contributed by atoms with Crippen LogP contribution in [0.1, 0.15) is 23.7 Å². The molecule has 0 radical (unpaired) electrons. The van der Waals surface area contributed by atoms with Crippen molar-refractivity contribution in [1.82, 2.24) is 15.0 Å². The zero-order chi connectivity index (χ0) is 15.1. The third kappa shape index (κ3) is 4.20. The van der Waals surface area contributed by atoms with Crippen LogP contribution in [-0.2, 0) is 11.3 Å². The van der Waals surface area contributed by atoms with Gasteiger partial charge in [0.05, 0.1) is 29.7 Å². The van der Waals surface area contributed by atoms with E-state index in [1.807, 2.05) is 6.20 Å². The van der Waals surface area contributed by atoms with E-state index < -0.39 is 0 Å². The van der Waals surface area contributed by atoms with E-state index in [9.17, 15) is 4.79 Å². The van der Waals surface area contributed by atoms with Crippen LogP contribution in [0.3, 0.4) is 0 Å². The molecule has 112 valence electrons. The van der Waals surface area contributed by atoms with Crippen molar-refractivity contribution in [3.63, 3.8) is 0 Å². The number of nitrogens with zero attached hydrogens (tertiary/aromatic N) is 3. The number of nitrogen functional groups attached to an aromatic ring is 1. The number of rotatable bonds is 7. The summed E-state index contributed by atoms with van der Waals surface area (Å²) in [5.74, 6) is -0.344. The van der Waals surface area contributed by atoms with Crippen molar-refractivity contribution in [2.24, 2.45) is 0 Å². The molecule has 0 atom stereocenters. The van der Waals surface area contributed by atoms with E-state index in [4.69, 9.17) is 10.5 Å². The molecule has 1 aromatic heterocycles. The SMILES string of the molecule is CCOC(=O)c1ccc(N)c(NCCCn2ccnn2)c1. The van der Waals surface area contributed by atoms with E-state index in [1.165, 1.54) is 0 Å². The predicted octanol–water partition coefficient (Wildman–Crippen LogP) is 1.54. The van der Waals surface area contributed by atoms with Crippen LogP contribution in [-0.4, -0.2) is 34.1 Å². The van der Waals surface area contributed by atoms with Crippen molar-refractivity contribution in [3.05, 3.63) is 36.2 Å². The highest BCUT2D eigenvalue weighted by atomic mass is 16.5.